The highest BCUT2D eigenvalue weighted by atomic mass is 16.4. The summed E-state index contributed by atoms with van der Waals surface area (Å²) in [5, 5.41) is 12.2. The van der Waals surface area contributed by atoms with Gasteiger partial charge in [0.25, 0.3) is 0 Å². The number of carboxylic acid groups (broad SMARTS) is 1. The molecule has 1 aromatic rings. The zero-order chi connectivity index (χ0) is 15.3. The van der Waals surface area contributed by atoms with Crippen molar-refractivity contribution < 1.29 is 14.7 Å². The molecule has 1 saturated carbocycles. The number of nitrogens with one attached hydrogen (secondary N) is 1. The largest absolute Gasteiger partial charge is 0.481 e. The summed E-state index contributed by atoms with van der Waals surface area (Å²) in [7, 11) is 0. The molecule has 0 radical (unpaired) electrons. The molecule has 2 unspecified atom stereocenters. The molecule has 5 heteroatoms. The van der Waals surface area contributed by atoms with E-state index in [0.29, 0.717) is 12.8 Å². The Balaban J connectivity index is 2.01. The fourth-order valence-electron chi connectivity index (χ4n) is 2.69. The molecule has 1 aliphatic carbocycles. The van der Waals surface area contributed by atoms with Gasteiger partial charge in [-0.25, -0.2) is 0 Å². The third-order valence-corrected chi connectivity index (χ3v) is 4.12. The molecule has 0 aromatic carbocycles. The smallest absolute Gasteiger partial charge is 0.311 e. The predicted octanol–water partition coefficient (Wildman–Crippen LogP) is 2.24. The van der Waals surface area contributed by atoms with E-state index >= 15 is 0 Å². The van der Waals surface area contributed by atoms with E-state index in [1.54, 1.807) is 31.5 Å². The van der Waals surface area contributed by atoms with Crippen LogP contribution in [0.15, 0.2) is 30.6 Å². The number of carboxylic acids is 1. The molecule has 2 rings (SSSR count). The van der Waals surface area contributed by atoms with E-state index in [0.717, 1.165) is 18.4 Å². The zero-order valence-electron chi connectivity index (χ0n) is 12.1. The van der Waals surface area contributed by atoms with Crippen molar-refractivity contribution in [1.29, 1.82) is 0 Å². The van der Waals surface area contributed by atoms with Crippen LogP contribution in [0.25, 0.3) is 6.08 Å². The van der Waals surface area contributed by atoms with Gasteiger partial charge in [-0.2, -0.15) is 0 Å². The highest BCUT2D eigenvalue weighted by molar-refractivity contribution is 5.92. The maximum atomic E-state index is 12.0. The number of nitrogens with zero attached hydrogens (tertiary/aromatic N) is 1. The molecule has 1 aromatic heterocycles. The van der Waals surface area contributed by atoms with Crippen LogP contribution in [0, 0.1) is 5.41 Å². The van der Waals surface area contributed by atoms with Crippen molar-refractivity contribution in [2.75, 3.05) is 0 Å². The van der Waals surface area contributed by atoms with E-state index in [2.05, 4.69) is 10.3 Å². The minimum absolute atomic E-state index is 0.266. The van der Waals surface area contributed by atoms with E-state index in [1.807, 2.05) is 6.07 Å². The lowest BCUT2D eigenvalue weighted by atomic mass is 9.71. The van der Waals surface area contributed by atoms with E-state index in [-0.39, 0.29) is 11.9 Å². The summed E-state index contributed by atoms with van der Waals surface area (Å²) in [6, 6.07) is 3.31. The van der Waals surface area contributed by atoms with E-state index in [9.17, 15) is 14.7 Å². The first-order valence-electron chi connectivity index (χ1n) is 7.14. The SMILES string of the molecule is CC1(C(=O)O)CCCCC1NC(=O)/C=C/c1cccnc1. The van der Waals surface area contributed by atoms with Gasteiger partial charge < -0.3 is 10.4 Å². The quantitative estimate of drug-likeness (QED) is 0.833. The van der Waals surface area contributed by atoms with Crippen molar-refractivity contribution in [3.63, 3.8) is 0 Å². The molecule has 0 spiro atoms. The van der Waals surface area contributed by atoms with Crippen LogP contribution in [0.5, 0.6) is 0 Å². The first-order chi connectivity index (χ1) is 10.0. The molecule has 0 aliphatic heterocycles. The second kappa shape index (κ2) is 6.52. The number of hydrogen-bond donors (Lipinski definition) is 2. The third kappa shape index (κ3) is 3.68. The Hall–Kier alpha value is -2.17. The standard InChI is InChI=1S/C16H20N2O3/c1-16(15(20)21)9-3-2-6-13(16)18-14(19)8-7-12-5-4-10-17-11-12/h4-5,7-8,10-11,13H,2-3,6,9H2,1H3,(H,18,19)(H,20,21)/b8-7+. The summed E-state index contributed by atoms with van der Waals surface area (Å²) in [5.74, 6) is -1.11. The molecule has 1 amide bonds. The predicted molar refractivity (Wildman–Crippen MR) is 79.4 cm³/mol. The van der Waals surface area contributed by atoms with Crippen molar-refractivity contribution in [3.05, 3.63) is 36.2 Å². The van der Waals surface area contributed by atoms with E-state index in [4.69, 9.17) is 0 Å². The maximum Gasteiger partial charge on any atom is 0.311 e. The van der Waals surface area contributed by atoms with Crippen LogP contribution in [0.2, 0.25) is 0 Å². The van der Waals surface area contributed by atoms with Gasteiger partial charge in [0.1, 0.15) is 0 Å². The summed E-state index contributed by atoms with van der Waals surface area (Å²) < 4.78 is 0. The molecule has 1 heterocycles. The van der Waals surface area contributed by atoms with Crippen molar-refractivity contribution in [2.24, 2.45) is 5.41 Å². The summed E-state index contributed by atoms with van der Waals surface area (Å²) in [6.07, 6.45) is 9.55. The monoisotopic (exact) mass is 288 g/mol. The fraction of sp³-hybridized carbons (Fsp3) is 0.438. The highest BCUT2D eigenvalue weighted by Gasteiger charge is 2.43. The fourth-order valence-corrected chi connectivity index (χ4v) is 2.69. The van der Waals surface area contributed by atoms with Crippen molar-refractivity contribution >= 4 is 18.0 Å². The van der Waals surface area contributed by atoms with Gasteiger partial charge in [-0.05, 0) is 37.5 Å². The molecule has 0 saturated heterocycles. The number of carbonyl (C=O) groups is 2. The molecule has 2 atom stereocenters. The summed E-state index contributed by atoms with van der Waals surface area (Å²) in [5.41, 5.74) is -0.0481. The Kier molecular flexibility index (Phi) is 4.73. The number of amides is 1. The van der Waals surface area contributed by atoms with Crippen LogP contribution in [-0.2, 0) is 9.59 Å². The molecule has 112 valence electrons. The van der Waals surface area contributed by atoms with Crippen molar-refractivity contribution in [3.8, 4) is 0 Å². The second-order valence-corrected chi connectivity index (χ2v) is 5.65. The Morgan fingerprint density at radius 3 is 2.95 bits per heavy atom. The molecule has 0 bridgehead atoms. The lowest BCUT2D eigenvalue weighted by molar-refractivity contribution is -0.151. The lowest BCUT2D eigenvalue weighted by Gasteiger charge is -2.38. The molecule has 5 nitrogen and oxygen atoms in total. The van der Waals surface area contributed by atoms with Gasteiger partial charge in [-0.1, -0.05) is 18.9 Å². The number of rotatable bonds is 4. The molecule has 1 aliphatic rings. The van der Waals surface area contributed by atoms with Gasteiger partial charge in [0.15, 0.2) is 0 Å². The van der Waals surface area contributed by atoms with Gasteiger partial charge in [-0.3, -0.25) is 14.6 Å². The number of hydrogen-bond acceptors (Lipinski definition) is 3. The summed E-state index contributed by atoms with van der Waals surface area (Å²) in [6.45, 7) is 1.71. The normalized spacial score (nSPS) is 25.7. The molecular formula is C16H20N2O3. The topological polar surface area (TPSA) is 79.3 Å². The number of pyridine rings is 1. The van der Waals surface area contributed by atoms with Gasteiger partial charge in [0, 0.05) is 24.5 Å². The molecule has 21 heavy (non-hydrogen) atoms. The van der Waals surface area contributed by atoms with Crippen LogP contribution >= 0.6 is 0 Å². The first kappa shape index (κ1) is 15.2. The Morgan fingerprint density at radius 1 is 1.48 bits per heavy atom. The summed E-state index contributed by atoms with van der Waals surface area (Å²) in [4.78, 5) is 27.4. The maximum absolute atomic E-state index is 12.0. The van der Waals surface area contributed by atoms with Crippen LogP contribution in [0.1, 0.15) is 38.2 Å². The minimum Gasteiger partial charge on any atom is -0.481 e. The van der Waals surface area contributed by atoms with Crippen LogP contribution in [0.3, 0.4) is 0 Å². The minimum atomic E-state index is -0.879. The second-order valence-electron chi connectivity index (χ2n) is 5.65. The van der Waals surface area contributed by atoms with Gasteiger partial charge >= 0.3 is 5.97 Å². The van der Waals surface area contributed by atoms with Gasteiger partial charge in [0.2, 0.25) is 5.91 Å². The van der Waals surface area contributed by atoms with Gasteiger partial charge in [0.05, 0.1) is 5.41 Å². The Morgan fingerprint density at radius 2 is 2.29 bits per heavy atom. The average molecular weight is 288 g/mol. The van der Waals surface area contributed by atoms with Crippen molar-refractivity contribution in [1.82, 2.24) is 10.3 Å². The number of carbonyl (C=O) groups excluding carboxylic acids is 1. The Labute approximate surface area is 124 Å². The zero-order valence-corrected chi connectivity index (χ0v) is 12.1. The lowest BCUT2D eigenvalue weighted by Crippen LogP contribution is -2.51. The molecule has 1 fully saturated rings. The van der Waals surface area contributed by atoms with E-state index in [1.165, 1.54) is 6.08 Å². The third-order valence-electron chi connectivity index (χ3n) is 4.12. The summed E-state index contributed by atoms with van der Waals surface area (Å²) >= 11 is 0. The molecule has 2 N–H and O–H groups in total. The van der Waals surface area contributed by atoms with Crippen LogP contribution in [-0.4, -0.2) is 28.0 Å². The number of aromatic nitrogens is 1. The first-order valence-corrected chi connectivity index (χ1v) is 7.14. The van der Waals surface area contributed by atoms with Crippen molar-refractivity contribution in [2.45, 2.75) is 38.6 Å². The van der Waals surface area contributed by atoms with Crippen LogP contribution < -0.4 is 5.32 Å². The number of aliphatic carboxylic acids is 1. The van der Waals surface area contributed by atoms with E-state index < -0.39 is 11.4 Å². The van der Waals surface area contributed by atoms with Crippen LogP contribution in [0.4, 0.5) is 0 Å². The highest BCUT2D eigenvalue weighted by Crippen LogP contribution is 2.36. The molecular weight excluding hydrogens is 268 g/mol. The van der Waals surface area contributed by atoms with Gasteiger partial charge in [-0.15, -0.1) is 0 Å². The Bertz CT molecular complexity index is 542. The average Bonchev–Trinajstić information content (AvgIpc) is 2.48.